The van der Waals surface area contributed by atoms with Crippen molar-refractivity contribution < 1.29 is 18.7 Å². The van der Waals surface area contributed by atoms with E-state index >= 15 is 4.39 Å². The molecule has 1 saturated heterocycles. The third kappa shape index (κ3) is 4.73. The highest BCUT2D eigenvalue weighted by atomic mass is 19.1. The van der Waals surface area contributed by atoms with Crippen LogP contribution >= 0.6 is 0 Å². The minimum Gasteiger partial charge on any atom is -0.493 e. The number of rotatable bonds is 6. The number of piperazine rings is 1. The number of nitrogens with zero attached hydrogens (tertiary/aromatic N) is 5. The lowest BCUT2D eigenvalue weighted by Gasteiger charge is -2.41. The van der Waals surface area contributed by atoms with E-state index in [4.69, 9.17) is 20.5 Å². The molecule has 1 unspecified atom stereocenters. The van der Waals surface area contributed by atoms with Crippen LogP contribution in [0.4, 0.5) is 16.2 Å². The van der Waals surface area contributed by atoms with Crippen molar-refractivity contribution in [1.82, 2.24) is 14.9 Å². The Balaban J connectivity index is 1.55. The Morgan fingerprint density at radius 1 is 1.25 bits per heavy atom. The van der Waals surface area contributed by atoms with Crippen LogP contribution < -0.4 is 20.1 Å². The molecule has 0 bridgehead atoms. The zero-order valence-electron chi connectivity index (χ0n) is 20.4. The van der Waals surface area contributed by atoms with Gasteiger partial charge in [-0.25, -0.2) is 9.37 Å². The van der Waals surface area contributed by atoms with E-state index in [-0.39, 0.29) is 34.8 Å². The van der Waals surface area contributed by atoms with Gasteiger partial charge in [0.15, 0.2) is 17.3 Å². The largest absolute Gasteiger partial charge is 0.493 e. The summed E-state index contributed by atoms with van der Waals surface area (Å²) in [5.74, 6) is -0.188. The van der Waals surface area contributed by atoms with Crippen LogP contribution in [0.25, 0.3) is 17.0 Å². The van der Waals surface area contributed by atoms with Gasteiger partial charge >= 0.3 is 0 Å². The molecule has 9 nitrogen and oxygen atoms in total. The van der Waals surface area contributed by atoms with E-state index in [1.165, 1.54) is 20.3 Å². The molecule has 186 valence electrons. The van der Waals surface area contributed by atoms with Gasteiger partial charge in [0.25, 0.3) is 0 Å². The Bertz CT molecular complexity index is 1350. The molecule has 36 heavy (non-hydrogen) atoms. The first-order valence-corrected chi connectivity index (χ1v) is 11.5. The van der Waals surface area contributed by atoms with Crippen LogP contribution in [0.15, 0.2) is 36.4 Å². The summed E-state index contributed by atoms with van der Waals surface area (Å²) in [6, 6.07) is 10.6. The average Bonchev–Trinajstić information content (AvgIpc) is 2.91. The number of anilines is 2. The number of hydrogen-bond acceptors (Lipinski definition) is 8. The Morgan fingerprint density at radius 2 is 2.00 bits per heavy atom. The van der Waals surface area contributed by atoms with E-state index in [2.05, 4.69) is 16.0 Å². The first kappa shape index (κ1) is 24.7. The second-order valence-electron chi connectivity index (χ2n) is 8.34. The van der Waals surface area contributed by atoms with Crippen LogP contribution in [0.3, 0.4) is 0 Å². The van der Waals surface area contributed by atoms with E-state index in [1.54, 1.807) is 41.3 Å². The molecule has 3 aromatic rings. The number of halogens is 1. The number of nitrogens with two attached hydrogens (primary N) is 1. The van der Waals surface area contributed by atoms with Crippen molar-refractivity contribution in [3.05, 3.63) is 53.4 Å². The van der Waals surface area contributed by atoms with Crippen molar-refractivity contribution in [2.75, 3.05) is 44.5 Å². The second-order valence-corrected chi connectivity index (χ2v) is 8.34. The van der Waals surface area contributed by atoms with Crippen LogP contribution in [0, 0.1) is 17.1 Å². The van der Waals surface area contributed by atoms with Crippen LogP contribution in [0.5, 0.6) is 11.5 Å². The Hall–Kier alpha value is -4.39. The molecule has 1 atom stereocenters. The predicted molar refractivity (Wildman–Crippen MR) is 135 cm³/mol. The van der Waals surface area contributed by atoms with Gasteiger partial charge in [-0.15, -0.1) is 0 Å². The number of methoxy groups -OCH3 is 2. The summed E-state index contributed by atoms with van der Waals surface area (Å²) < 4.78 is 25.6. The Kier molecular flexibility index (Phi) is 7.20. The summed E-state index contributed by atoms with van der Waals surface area (Å²) in [7, 11) is 2.78. The zero-order valence-corrected chi connectivity index (χ0v) is 20.4. The third-order valence-corrected chi connectivity index (χ3v) is 6.27. The molecule has 0 radical (unpaired) electrons. The summed E-state index contributed by atoms with van der Waals surface area (Å²) in [6.07, 6.45) is 3.98. The maximum atomic E-state index is 15.2. The van der Waals surface area contributed by atoms with Gasteiger partial charge in [-0.3, -0.25) is 4.79 Å². The number of nitrogen functional groups attached to an aromatic ring is 1. The molecule has 10 heteroatoms. The maximum Gasteiger partial charge on any atom is 0.246 e. The van der Waals surface area contributed by atoms with Crippen LogP contribution in [-0.4, -0.2) is 60.7 Å². The quantitative estimate of drug-likeness (QED) is 0.523. The van der Waals surface area contributed by atoms with Gasteiger partial charge in [-0.05, 0) is 36.3 Å². The number of benzene rings is 2. The highest BCUT2D eigenvalue weighted by Crippen LogP contribution is 2.38. The SMILES string of the molecule is CCC1CN(C(=O)/C=C/c2ccc(C#N)cc2)CCN1c1nc(N)c2cc(OC)c(OC)c(F)c2n1. The first-order chi connectivity index (χ1) is 17.4. The molecule has 0 saturated carbocycles. The third-order valence-electron chi connectivity index (χ3n) is 6.27. The van der Waals surface area contributed by atoms with Gasteiger partial charge < -0.3 is 25.0 Å². The number of hydrogen-bond donors (Lipinski definition) is 1. The molecule has 2 N–H and O–H groups in total. The lowest BCUT2D eigenvalue weighted by atomic mass is 10.1. The van der Waals surface area contributed by atoms with Crippen LogP contribution in [0.2, 0.25) is 0 Å². The van der Waals surface area contributed by atoms with Crippen molar-refractivity contribution in [2.24, 2.45) is 0 Å². The topological polar surface area (TPSA) is 118 Å². The summed E-state index contributed by atoms with van der Waals surface area (Å²) in [4.78, 5) is 25.5. The van der Waals surface area contributed by atoms with Gasteiger partial charge in [-0.1, -0.05) is 19.1 Å². The number of carbonyl (C=O) groups is 1. The lowest BCUT2D eigenvalue weighted by molar-refractivity contribution is -0.126. The summed E-state index contributed by atoms with van der Waals surface area (Å²) >= 11 is 0. The molecule has 1 fully saturated rings. The number of aromatic nitrogens is 2. The smallest absolute Gasteiger partial charge is 0.246 e. The van der Waals surface area contributed by atoms with Gasteiger partial charge in [0.2, 0.25) is 11.9 Å². The summed E-state index contributed by atoms with van der Waals surface area (Å²) in [5, 5.41) is 9.25. The van der Waals surface area contributed by atoms with Crippen molar-refractivity contribution in [3.63, 3.8) is 0 Å². The minimum absolute atomic E-state index is 0.0499. The molecule has 2 aromatic carbocycles. The van der Waals surface area contributed by atoms with E-state index in [1.807, 2.05) is 11.8 Å². The van der Waals surface area contributed by atoms with Crippen molar-refractivity contribution in [2.45, 2.75) is 19.4 Å². The monoisotopic (exact) mass is 490 g/mol. The van der Waals surface area contributed by atoms with E-state index < -0.39 is 5.82 Å². The molecular weight excluding hydrogens is 463 g/mol. The second kappa shape index (κ2) is 10.5. The van der Waals surface area contributed by atoms with Crippen molar-refractivity contribution in [1.29, 1.82) is 5.26 Å². The van der Waals surface area contributed by atoms with E-state index in [0.29, 0.717) is 36.5 Å². The molecule has 0 aliphatic carbocycles. The van der Waals surface area contributed by atoms with Crippen LogP contribution in [-0.2, 0) is 4.79 Å². The highest BCUT2D eigenvalue weighted by Gasteiger charge is 2.30. The lowest BCUT2D eigenvalue weighted by Crippen LogP contribution is -2.55. The molecule has 0 spiro atoms. The van der Waals surface area contributed by atoms with Gasteiger partial charge in [0.05, 0.1) is 25.9 Å². The molecule has 2 heterocycles. The summed E-state index contributed by atoms with van der Waals surface area (Å²) in [6.45, 7) is 3.39. The number of amides is 1. The van der Waals surface area contributed by atoms with Crippen LogP contribution in [0.1, 0.15) is 24.5 Å². The normalized spacial score (nSPS) is 15.8. The fraction of sp³-hybridized carbons (Fsp3) is 0.308. The Labute approximate surface area is 208 Å². The number of carbonyl (C=O) groups excluding carboxylic acids is 1. The van der Waals surface area contributed by atoms with Gasteiger partial charge in [0.1, 0.15) is 11.3 Å². The summed E-state index contributed by atoms with van der Waals surface area (Å²) in [5.41, 5.74) is 7.64. The molecule has 1 aromatic heterocycles. The predicted octanol–water partition coefficient (Wildman–Crippen LogP) is 3.38. The average molecular weight is 491 g/mol. The van der Waals surface area contributed by atoms with Gasteiger partial charge in [0, 0.05) is 37.1 Å². The first-order valence-electron chi connectivity index (χ1n) is 11.5. The maximum absolute atomic E-state index is 15.2. The van der Waals surface area contributed by atoms with Gasteiger partial charge in [-0.2, -0.15) is 10.2 Å². The number of nitriles is 1. The molecule has 4 rings (SSSR count). The molecular formula is C26H27FN6O3. The highest BCUT2D eigenvalue weighted by molar-refractivity contribution is 5.93. The standard InChI is InChI=1S/C26H27FN6O3/c1-4-18-15-32(21(34)10-9-16-5-7-17(14-28)8-6-16)11-12-33(18)26-30-23-19(25(29)31-26)13-20(35-2)24(36-3)22(23)27/h5-10,13,18H,4,11-12,15H2,1-3H3,(H2,29,30,31)/b10-9+. The van der Waals surface area contributed by atoms with Crippen molar-refractivity contribution in [3.8, 4) is 17.6 Å². The molecule has 1 amide bonds. The number of fused-ring (bicyclic) bond motifs is 1. The minimum atomic E-state index is -0.669. The fourth-order valence-electron chi connectivity index (χ4n) is 4.28. The number of ether oxygens (including phenoxy) is 2. The Morgan fingerprint density at radius 3 is 2.64 bits per heavy atom. The fourth-order valence-corrected chi connectivity index (χ4v) is 4.28. The van der Waals surface area contributed by atoms with E-state index in [0.717, 1.165) is 12.0 Å². The molecule has 1 aliphatic rings. The van der Waals surface area contributed by atoms with E-state index in [9.17, 15) is 4.79 Å². The van der Waals surface area contributed by atoms with Crippen molar-refractivity contribution >= 4 is 34.7 Å². The molecule has 1 aliphatic heterocycles. The zero-order chi connectivity index (χ0) is 25.8.